The van der Waals surface area contributed by atoms with Crippen molar-refractivity contribution >= 4 is 23.4 Å². The van der Waals surface area contributed by atoms with Crippen LogP contribution in [-0.2, 0) is 19.9 Å². The van der Waals surface area contributed by atoms with E-state index in [1.165, 1.54) is 4.90 Å². The molecule has 0 aliphatic carbocycles. The molecule has 6 nitrogen and oxygen atoms in total. The average Bonchev–Trinajstić information content (AvgIpc) is 3.14. The molecule has 3 aliphatic rings. The van der Waals surface area contributed by atoms with Crippen molar-refractivity contribution in [1.29, 1.82) is 0 Å². The highest BCUT2D eigenvalue weighted by Gasteiger charge is 2.71. The van der Waals surface area contributed by atoms with E-state index in [2.05, 4.69) is 19.2 Å². The maximum Gasteiger partial charge on any atom is 0.252 e. The number of likely N-dealkylation sites (N-methyl/N-ethyl adjacent to an activating group) is 1. The summed E-state index contributed by atoms with van der Waals surface area (Å²) >= 11 is 0. The minimum Gasteiger partial charge on any atom is -0.313 e. The molecule has 144 valence electrons. The van der Waals surface area contributed by atoms with Crippen molar-refractivity contribution in [3.63, 3.8) is 0 Å². The van der Waals surface area contributed by atoms with Gasteiger partial charge in [-0.25, -0.2) is 0 Å². The van der Waals surface area contributed by atoms with Crippen molar-refractivity contribution in [2.75, 3.05) is 11.9 Å². The van der Waals surface area contributed by atoms with E-state index >= 15 is 0 Å². The zero-order chi connectivity index (χ0) is 19.7. The number of benzene rings is 1. The molecule has 4 rings (SSSR count). The molecule has 1 aromatic carbocycles. The van der Waals surface area contributed by atoms with Gasteiger partial charge in [0.25, 0.3) is 5.91 Å². The van der Waals surface area contributed by atoms with Gasteiger partial charge >= 0.3 is 0 Å². The van der Waals surface area contributed by atoms with Crippen LogP contribution < -0.4 is 10.2 Å². The number of nitrogens with zero attached hydrogens (tertiary/aromatic N) is 2. The van der Waals surface area contributed by atoms with Crippen LogP contribution >= 0.6 is 0 Å². The second kappa shape index (κ2) is 5.89. The van der Waals surface area contributed by atoms with Crippen molar-refractivity contribution in [3.8, 4) is 0 Å². The average molecular weight is 369 g/mol. The second-order valence-corrected chi connectivity index (χ2v) is 8.71. The van der Waals surface area contributed by atoms with E-state index in [0.29, 0.717) is 5.92 Å². The summed E-state index contributed by atoms with van der Waals surface area (Å²) in [4.78, 5) is 43.1. The minimum absolute atomic E-state index is 0.142. The fraction of sp³-hybridized carbons (Fsp3) is 0.571. The molecule has 0 unspecified atom stereocenters. The van der Waals surface area contributed by atoms with E-state index in [9.17, 15) is 14.4 Å². The molecule has 2 fully saturated rings. The molecule has 2 saturated heterocycles. The van der Waals surface area contributed by atoms with Gasteiger partial charge in [0, 0.05) is 30.4 Å². The number of carbonyl (C=O) groups excluding carboxylic acids is 3. The van der Waals surface area contributed by atoms with Crippen LogP contribution in [0.4, 0.5) is 5.69 Å². The quantitative estimate of drug-likeness (QED) is 0.826. The van der Waals surface area contributed by atoms with Crippen molar-refractivity contribution in [3.05, 3.63) is 29.8 Å². The molecular formula is C21H27N3O3. The SMILES string of the molecule is CC(C)C[C@@H]1N[C@]2(C(=O)N(C)c3ccccc32)[C@H]2C(=O)N(C(C)C)C(=O)[C@H]12. The van der Waals surface area contributed by atoms with Crippen LogP contribution in [-0.4, -0.2) is 41.8 Å². The molecule has 3 amide bonds. The van der Waals surface area contributed by atoms with Gasteiger partial charge in [-0.3, -0.25) is 24.6 Å². The van der Waals surface area contributed by atoms with Crippen LogP contribution in [0.2, 0.25) is 0 Å². The van der Waals surface area contributed by atoms with Gasteiger partial charge in [0.15, 0.2) is 0 Å². The summed E-state index contributed by atoms with van der Waals surface area (Å²) in [5.74, 6) is -1.34. The maximum atomic E-state index is 13.5. The van der Waals surface area contributed by atoms with Crippen LogP contribution in [0.1, 0.15) is 39.7 Å². The molecule has 3 heterocycles. The zero-order valence-corrected chi connectivity index (χ0v) is 16.5. The lowest BCUT2D eigenvalue weighted by Crippen LogP contribution is -2.55. The number of amides is 3. The fourth-order valence-electron chi connectivity index (χ4n) is 5.30. The van der Waals surface area contributed by atoms with Gasteiger partial charge in [0.1, 0.15) is 5.54 Å². The Kier molecular flexibility index (Phi) is 3.97. The topological polar surface area (TPSA) is 69.7 Å². The third-order valence-corrected chi connectivity index (χ3v) is 6.27. The molecular weight excluding hydrogens is 342 g/mol. The van der Waals surface area contributed by atoms with E-state index in [1.807, 2.05) is 38.1 Å². The van der Waals surface area contributed by atoms with Crippen molar-refractivity contribution in [2.45, 2.75) is 51.7 Å². The van der Waals surface area contributed by atoms with Gasteiger partial charge in [-0.05, 0) is 32.3 Å². The third kappa shape index (κ3) is 2.19. The summed E-state index contributed by atoms with van der Waals surface area (Å²) in [6, 6.07) is 7.18. The Hall–Kier alpha value is -2.21. The first-order chi connectivity index (χ1) is 12.7. The Balaban J connectivity index is 1.91. The molecule has 0 radical (unpaired) electrons. The van der Waals surface area contributed by atoms with Gasteiger partial charge in [-0.2, -0.15) is 0 Å². The van der Waals surface area contributed by atoms with Crippen LogP contribution in [0.5, 0.6) is 0 Å². The predicted octanol–water partition coefficient (Wildman–Crippen LogP) is 1.89. The first-order valence-electron chi connectivity index (χ1n) is 9.74. The molecule has 0 bridgehead atoms. The van der Waals surface area contributed by atoms with Crippen molar-refractivity contribution in [1.82, 2.24) is 10.2 Å². The third-order valence-electron chi connectivity index (χ3n) is 6.27. The summed E-state index contributed by atoms with van der Waals surface area (Å²) < 4.78 is 0. The summed E-state index contributed by atoms with van der Waals surface area (Å²) in [6.45, 7) is 7.90. The number of hydrogen-bond donors (Lipinski definition) is 1. The van der Waals surface area contributed by atoms with Crippen LogP contribution in [0.15, 0.2) is 24.3 Å². The van der Waals surface area contributed by atoms with Crippen molar-refractivity contribution in [2.24, 2.45) is 17.8 Å². The highest BCUT2D eigenvalue weighted by Crippen LogP contribution is 2.55. The number of likely N-dealkylation sites (tertiary alicyclic amines) is 1. The molecule has 1 spiro atoms. The second-order valence-electron chi connectivity index (χ2n) is 8.71. The van der Waals surface area contributed by atoms with Crippen molar-refractivity contribution < 1.29 is 14.4 Å². The number of carbonyl (C=O) groups is 3. The van der Waals surface area contributed by atoms with Gasteiger partial charge < -0.3 is 4.90 Å². The standard InChI is InChI=1S/C21H27N3O3/c1-11(2)10-14-16-17(19(26)24(12(3)4)18(16)25)21(22-14)13-8-6-7-9-15(13)23(5)20(21)27/h6-9,11-12,14,16-17,22H,10H2,1-5H3/t14-,16+,17+,21-/m0/s1. The van der Waals surface area contributed by atoms with Gasteiger partial charge in [-0.15, -0.1) is 0 Å². The van der Waals surface area contributed by atoms with E-state index in [0.717, 1.165) is 17.7 Å². The number of anilines is 1. The lowest BCUT2D eigenvalue weighted by atomic mass is 9.76. The van der Waals surface area contributed by atoms with Gasteiger partial charge in [0.2, 0.25) is 11.8 Å². The zero-order valence-electron chi connectivity index (χ0n) is 16.5. The number of rotatable bonds is 3. The largest absolute Gasteiger partial charge is 0.313 e. The highest BCUT2D eigenvalue weighted by atomic mass is 16.2. The minimum atomic E-state index is -1.15. The number of nitrogens with one attached hydrogen (secondary N) is 1. The van der Waals surface area contributed by atoms with E-state index < -0.39 is 17.4 Å². The summed E-state index contributed by atoms with van der Waals surface area (Å²) in [6.07, 6.45) is 0.743. The summed E-state index contributed by atoms with van der Waals surface area (Å²) in [7, 11) is 1.74. The van der Waals surface area contributed by atoms with Crippen LogP contribution in [0, 0.1) is 17.8 Å². The molecule has 3 aliphatic heterocycles. The van der Waals surface area contributed by atoms with Gasteiger partial charge in [-0.1, -0.05) is 32.0 Å². The molecule has 1 N–H and O–H groups in total. The lowest BCUT2D eigenvalue weighted by molar-refractivity contribution is -0.144. The normalized spacial score (nSPS) is 32.4. The molecule has 27 heavy (non-hydrogen) atoms. The number of hydrogen-bond acceptors (Lipinski definition) is 4. The Labute approximate surface area is 159 Å². The monoisotopic (exact) mass is 369 g/mol. The van der Waals surface area contributed by atoms with E-state index in [1.54, 1.807) is 11.9 Å². The lowest BCUT2D eigenvalue weighted by Gasteiger charge is -2.31. The molecule has 4 atom stereocenters. The van der Waals surface area contributed by atoms with Gasteiger partial charge in [0.05, 0.1) is 11.8 Å². The number of para-hydroxylation sites is 1. The van der Waals surface area contributed by atoms with Crippen LogP contribution in [0.25, 0.3) is 0 Å². The molecule has 0 saturated carbocycles. The van der Waals surface area contributed by atoms with Crippen LogP contribution in [0.3, 0.4) is 0 Å². The van der Waals surface area contributed by atoms with E-state index in [4.69, 9.17) is 0 Å². The first-order valence-corrected chi connectivity index (χ1v) is 9.74. The Morgan fingerprint density at radius 2 is 1.74 bits per heavy atom. The number of fused-ring (bicyclic) bond motifs is 4. The smallest absolute Gasteiger partial charge is 0.252 e. The first kappa shape index (κ1) is 18.2. The Bertz CT molecular complexity index is 834. The molecule has 0 aromatic heterocycles. The van der Waals surface area contributed by atoms with E-state index in [-0.39, 0.29) is 29.8 Å². The Morgan fingerprint density at radius 3 is 2.37 bits per heavy atom. The Morgan fingerprint density at radius 1 is 1.07 bits per heavy atom. The predicted molar refractivity (Wildman–Crippen MR) is 102 cm³/mol. The summed E-state index contributed by atoms with van der Waals surface area (Å²) in [5, 5.41) is 3.50. The summed E-state index contributed by atoms with van der Waals surface area (Å²) in [5.41, 5.74) is 0.471. The molecule has 6 heteroatoms. The maximum absolute atomic E-state index is 13.5. The highest BCUT2D eigenvalue weighted by molar-refractivity contribution is 6.15. The molecule has 1 aromatic rings. The fourth-order valence-corrected chi connectivity index (χ4v) is 5.30. The number of imide groups is 1.